The van der Waals surface area contributed by atoms with Crippen molar-refractivity contribution < 1.29 is 24.2 Å². The van der Waals surface area contributed by atoms with Crippen molar-refractivity contribution in [3.8, 4) is 22.6 Å². The predicted molar refractivity (Wildman–Crippen MR) is 128 cm³/mol. The molecule has 9 heteroatoms. The van der Waals surface area contributed by atoms with E-state index in [0.29, 0.717) is 17.1 Å². The Morgan fingerprint density at radius 1 is 1.00 bits per heavy atom. The molecule has 1 aliphatic rings. The lowest BCUT2D eigenvalue weighted by Crippen LogP contribution is -2.24. The summed E-state index contributed by atoms with van der Waals surface area (Å²) in [4.78, 5) is 16.2. The van der Waals surface area contributed by atoms with Gasteiger partial charge in [-0.05, 0) is 34.9 Å². The van der Waals surface area contributed by atoms with E-state index in [2.05, 4.69) is 27.8 Å². The number of methoxy groups -OCH3 is 1. The summed E-state index contributed by atoms with van der Waals surface area (Å²) in [7, 11) is 1.50. The Balaban J connectivity index is 1.35. The molecule has 0 radical (unpaired) electrons. The molecule has 0 bridgehead atoms. The van der Waals surface area contributed by atoms with Gasteiger partial charge in [0.25, 0.3) is 0 Å². The first-order chi connectivity index (χ1) is 16.6. The van der Waals surface area contributed by atoms with Crippen molar-refractivity contribution in [2.45, 2.75) is 6.10 Å². The first-order valence-electron chi connectivity index (χ1n) is 10.5. The van der Waals surface area contributed by atoms with E-state index < -0.39 is 12.1 Å². The molecule has 174 valence electrons. The van der Waals surface area contributed by atoms with E-state index in [1.54, 1.807) is 18.2 Å². The molecule has 3 aromatic rings. The molecular formula is C25H24N4O5. The number of aliphatic hydroxyl groups is 1. The second kappa shape index (κ2) is 10.5. The van der Waals surface area contributed by atoms with Gasteiger partial charge < -0.3 is 25.2 Å². The number of ether oxygens (including phenoxy) is 2. The van der Waals surface area contributed by atoms with E-state index in [1.807, 2.05) is 36.4 Å². The van der Waals surface area contributed by atoms with Crippen LogP contribution in [-0.2, 0) is 4.84 Å². The number of primary amides is 1. The number of hydrazone groups is 1. The SMILES string of the molecule is COc1cc(/C=N\NC(N)=O)ccc1OC[C@H](O)CON=C1c2ccccc2-c2ccccc21. The third kappa shape index (κ3) is 5.16. The maximum atomic E-state index is 10.7. The second-order valence-corrected chi connectivity index (χ2v) is 7.44. The van der Waals surface area contributed by atoms with Crippen LogP contribution in [0, 0.1) is 0 Å². The molecule has 4 N–H and O–H groups in total. The number of nitrogens with zero attached hydrogens (tertiary/aromatic N) is 2. The third-order valence-electron chi connectivity index (χ3n) is 5.08. The van der Waals surface area contributed by atoms with Gasteiger partial charge in [-0.2, -0.15) is 5.10 Å². The molecule has 0 aromatic heterocycles. The predicted octanol–water partition coefficient (Wildman–Crippen LogP) is 2.89. The van der Waals surface area contributed by atoms with E-state index >= 15 is 0 Å². The fourth-order valence-corrected chi connectivity index (χ4v) is 3.57. The molecule has 0 spiro atoms. The Morgan fingerprint density at radius 2 is 1.65 bits per heavy atom. The van der Waals surface area contributed by atoms with Crippen LogP contribution in [0.5, 0.6) is 11.5 Å². The van der Waals surface area contributed by atoms with Crippen molar-refractivity contribution in [1.29, 1.82) is 0 Å². The van der Waals surface area contributed by atoms with Crippen LogP contribution in [0.25, 0.3) is 11.1 Å². The molecule has 4 rings (SSSR count). The lowest BCUT2D eigenvalue weighted by atomic mass is 10.1. The molecule has 0 saturated carbocycles. The monoisotopic (exact) mass is 460 g/mol. The standard InChI is InChI=1S/C25H24N4O5/c1-32-23-12-16(13-27-28-25(26)31)10-11-22(23)33-14-17(30)15-34-29-24-20-8-4-2-6-18(20)19-7-3-5-9-21(19)24/h2-13,17,30H,14-15H2,1H3,(H3,26,28,31)/b27-13-/t17-/m0/s1. The van der Waals surface area contributed by atoms with Gasteiger partial charge in [-0.15, -0.1) is 0 Å². The van der Waals surface area contributed by atoms with Crippen molar-refractivity contribution in [1.82, 2.24) is 5.43 Å². The molecule has 9 nitrogen and oxygen atoms in total. The van der Waals surface area contributed by atoms with E-state index in [4.69, 9.17) is 20.0 Å². The summed E-state index contributed by atoms with van der Waals surface area (Å²) in [5, 5.41) is 18.3. The number of urea groups is 1. The lowest BCUT2D eigenvalue weighted by molar-refractivity contribution is 0.0140. The van der Waals surface area contributed by atoms with E-state index in [1.165, 1.54) is 13.3 Å². The van der Waals surface area contributed by atoms with Crippen LogP contribution in [0.2, 0.25) is 0 Å². The number of carbonyl (C=O) groups excluding carboxylic acids is 1. The van der Waals surface area contributed by atoms with Gasteiger partial charge in [0.15, 0.2) is 11.5 Å². The summed E-state index contributed by atoms with van der Waals surface area (Å²) in [6.07, 6.45) is 0.500. The van der Waals surface area contributed by atoms with Gasteiger partial charge in [0.1, 0.15) is 25.0 Å². The maximum absolute atomic E-state index is 10.7. The normalized spacial score (nSPS) is 12.6. The number of hydrogen-bond donors (Lipinski definition) is 3. The number of carbonyl (C=O) groups is 1. The fourth-order valence-electron chi connectivity index (χ4n) is 3.57. The fraction of sp³-hybridized carbons (Fsp3) is 0.160. The molecule has 0 fully saturated rings. The van der Waals surface area contributed by atoms with E-state index in [-0.39, 0.29) is 13.2 Å². The number of rotatable bonds is 9. The number of amides is 2. The van der Waals surface area contributed by atoms with Crippen LogP contribution in [0.1, 0.15) is 16.7 Å². The number of oxime groups is 1. The minimum Gasteiger partial charge on any atom is -0.493 e. The largest absolute Gasteiger partial charge is 0.493 e. The summed E-state index contributed by atoms with van der Waals surface area (Å²) in [6.45, 7) is -0.0648. The van der Waals surface area contributed by atoms with Gasteiger partial charge in [-0.1, -0.05) is 53.7 Å². The van der Waals surface area contributed by atoms with Crippen molar-refractivity contribution in [3.05, 3.63) is 83.4 Å². The molecular weight excluding hydrogens is 436 g/mol. The topological polar surface area (TPSA) is 128 Å². The summed E-state index contributed by atoms with van der Waals surface area (Å²) in [5.41, 5.74) is 12.7. The summed E-state index contributed by atoms with van der Waals surface area (Å²) in [6, 6.07) is 20.3. The van der Waals surface area contributed by atoms with E-state index in [0.717, 1.165) is 28.0 Å². The highest BCUT2D eigenvalue weighted by Crippen LogP contribution is 2.36. The van der Waals surface area contributed by atoms with Crippen molar-refractivity contribution in [2.75, 3.05) is 20.3 Å². The molecule has 1 atom stereocenters. The first-order valence-corrected chi connectivity index (χ1v) is 10.5. The third-order valence-corrected chi connectivity index (χ3v) is 5.08. The van der Waals surface area contributed by atoms with Gasteiger partial charge in [0.2, 0.25) is 0 Å². The summed E-state index contributed by atoms with van der Waals surface area (Å²) in [5.74, 6) is 0.877. The number of fused-ring (bicyclic) bond motifs is 3. The van der Waals surface area contributed by atoms with Gasteiger partial charge in [-0.3, -0.25) is 0 Å². The first kappa shape index (κ1) is 22.8. The van der Waals surface area contributed by atoms with Gasteiger partial charge in [0.05, 0.1) is 13.3 Å². The molecule has 0 aliphatic heterocycles. The number of nitrogens with one attached hydrogen (secondary N) is 1. The van der Waals surface area contributed by atoms with Crippen LogP contribution in [0.3, 0.4) is 0 Å². The number of hydrogen-bond acceptors (Lipinski definition) is 7. The van der Waals surface area contributed by atoms with Crippen molar-refractivity contribution >= 4 is 18.0 Å². The van der Waals surface area contributed by atoms with Crippen molar-refractivity contribution in [3.63, 3.8) is 0 Å². The average molecular weight is 460 g/mol. The van der Waals surface area contributed by atoms with Crippen LogP contribution in [0.4, 0.5) is 4.79 Å². The number of nitrogens with two attached hydrogens (primary N) is 1. The number of aliphatic hydroxyl groups excluding tert-OH is 1. The Bertz CT molecular complexity index is 1190. The van der Waals surface area contributed by atoms with Crippen LogP contribution < -0.4 is 20.6 Å². The Morgan fingerprint density at radius 3 is 2.26 bits per heavy atom. The van der Waals surface area contributed by atoms with Crippen molar-refractivity contribution in [2.24, 2.45) is 16.0 Å². The van der Waals surface area contributed by atoms with Gasteiger partial charge >= 0.3 is 6.03 Å². The summed E-state index contributed by atoms with van der Waals surface area (Å²) < 4.78 is 11.0. The molecule has 2 amide bonds. The quantitative estimate of drug-likeness (QED) is 0.261. The lowest BCUT2D eigenvalue weighted by Gasteiger charge is -2.14. The van der Waals surface area contributed by atoms with Gasteiger partial charge in [-0.25, -0.2) is 10.2 Å². The van der Waals surface area contributed by atoms with Crippen LogP contribution >= 0.6 is 0 Å². The molecule has 1 aliphatic carbocycles. The number of benzene rings is 3. The highest BCUT2D eigenvalue weighted by molar-refractivity contribution is 6.24. The zero-order valence-corrected chi connectivity index (χ0v) is 18.5. The highest BCUT2D eigenvalue weighted by atomic mass is 16.6. The average Bonchev–Trinajstić information content (AvgIpc) is 3.17. The van der Waals surface area contributed by atoms with Gasteiger partial charge in [0, 0.05) is 11.1 Å². The maximum Gasteiger partial charge on any atom is 0.332 e. The smallest absolute Gasteiger partial charge is 0.332 e. The Hall–Kier alpha value is -4.37. The zero-order chi connectivity index (χ0) is 23.9. The molecule has 0 heterocycles. The minimum atomic E-state index is -0.915. The molecule has 34 heavy (non-hydrogen) atoms. The summed E-state index contributed by atoms with van der Waals surface area (Å²) >= 11 is 0. The highest BCUT2D eigenvalue weighted by Gasteiger charge is 2.24. The zero-order valence-electron chi connectivity index (χ0n) is 18.5. The van der Waals surface area contributed by atoms with Crippen LogP contribution in [0.15, 0.2) is 77.0 Å². The van der Waals surface area contributed by atoms with E-state index in [9.17, 15) is 9.90 Å². The Labute approximate surface area is 196 Å². The minimum absolute atomic E-state index is 0.0228. The molecule has 0 unspecified atom stereocenters. The Kier molecular flexibility index (Phi) is 7.04. The van der Waals surface area contributed by atoms with Crippen LogP contribution in [-0.4, -0.2) is 49.5 Å². The second-order valence-electron chi connectivity index (χ2n) is 7.44. The molecule has 0 saturated heterocycles. The molecule has 3 aromatic carbocycles.